The lowest BCUT2D eigenvalue weighted by molar-refractivity contribution is 0.456. The second-order valence-electron chi connectivity index (χ2n) is 5.78. The van der Waals surface area contributed by atoms with Crippen molar-refractivity contribution < 1.29 is 0 Å². The first-order chi connectivity index (χ1) is 9.08. The topological polar surface area (TPSA) is 38.0 Å². The maximum atomic E-state index is 5.85. The van der Waals surface area contributed by atoms with Crippen LogP contribution in [0.5, 0.6) is 0 Å². The van der Waals surface area contributed by atoms with Crippen LogP contribution < -0.4 is 11.1 Å². The van der Waals surface area contributed by atoms with Gasteiger partial charge in [-0.2, -0.15) is 0 Å². The first kappa shape index (κ1) is 14.3. The molecule has 104 valence electrons. The van der Waals surface area contributed by atoms with Gasteiger partial charge in [-0.15, -0.1) is 0 Å². The molecule has 2 rings (SSSR count). The van der Waals surface area contributed by atoms with Crippen molar-refractivity contribution >= 4 is 22.9 Å². The van der Waals surface area contributed by atoms with Crippen molar-refractivity contribution in [2.24, 2.45) is 11.7 Å². The molecule has 0 radical (unpaired) electrons. The molecule has 19 heavy (non-hydrogen) atoms. The fourth-order valence-corrected chi connectivity index (χ4v) is 3.06. The van der Waals surface area contributed by atoms with E-state index in [0.717, 1.165) is 11.3 Å². The number of rotatable bonds is 3. The number of nitrogens with one attached hydrogen (secondary N) is 1. The fraction of sp³-hybridized carbons (Fsp3) is 0.562. The number of nitrogens with two attached hydrogens (primary N) is 1. The van der Waals surface area contributed by atoms with Gasteiger partial charge in [-0.05, 0) is 37.8 Å². The van der Waals surface area contributed by atoms with E-state index in [1.165, 1.54) is 37.7 Å². The molecule has 0 bridgehead atoms. The average Bonchev–Trinajstić information content (AvgIpc) is 2.57. The molecule has 0 amide bonds. The summed E-state index contributed by atoms with van der Waals surface area (Å²) in [6.45, 7) is 4.41. The maximum absolute atomic E-state index is 5.85. The van der Waals surface area contributed by atoms with Crippen molar-refractivity contribution in [1.29, 1.82) is 0 Å². The van der Waals surface area contributed by atoms with Crippen LogP contribution in [0.3, 0.4) is 0 Å². The summed E-state index contributed by atoms with van der Waals surface area (Å²) in [6, 6.07) is 6.84. The lowest BCUT2D eigenvalue weighted by atomic mass is 9.96. The summed E-state index contributed by atoms with van der Waals surface area (Å²) >= 11 is 5.17. The van der Waals surface area contributed by atoms with Crippen LogP contribution in [-0.2, 0) is 0 Å². The molecular weight excluding hydrogens is 252 g/mol. The van der Waals surface area contributed by atoms with E-state index in [1.807, 2.05) is 0 Å². The number of hydrogen-bond acceptors (Lipinski definition) is 2. The Bertz CT molecular complexity index is 456. The smallest absolute Gasteiger partial charge is 0.106 e. The van der Waals surface area contributed by atoms with Crippen molar-refractivity contribution in [3.8, 4) is 0 Å². The van der Waals surface area contributed by atoms with Gasteiger partial charge >= 0.3 is 0 Å². The first-order valence-corrected chi connectivity index (χ1v) is 7.65. The molecule has 1 saturated carbocycles. The van der Waals surface area contributed by atoms with Crippen molar-refractivity contribution in [2.75, 3.05) is 5.32 Å². The molecule has 0 heterocycles. The second kappa shape index (κ2) is 6.38. The van der Waals surface area contributed by atoms with E-state index >= 15 is 0 Å². The molecule has 1 aliphatic rings. The van der Waals surface area contributed by atoms with Crippen molar-refractivity contribution in [1.82, 2.24) is 0 Å². The molecule has 1 aromatic rings. The zero-order chi connectivity index (χ0) is 13.8. The van der Waals surface area contributed by atoms with E-state index in [9.17, 15) is 0 Å². The Morgan fingerprint density at radius 3 is 2.74 bits per heavy atom. The highest BCUT2D eigenvalue weighted by atomic mass is 32.1. The molecule has 0 saturated heterocycles. The Morgan fingerprint density at radius 2 is 2.00 bits per heavy atom. The van der Waals surface area contributed by atoms with Crippen LogP contribution in [0.4, 0.5) is 5.69 Å². The summed E-state index contributed by atoms with van der Waals surface area (Å²) in [6.07, 6.45) is 6.59. The monoisotopic (exact) mass is 276 g/mol. The Kier molecular flexibility index (Phi) is 4.81. The van der Waals surface area contributed by atoms with Gasteiger partial charge in [-0.3, -0.25) is 0 Å². The maximum Gasteiger partial charge on any atom is 0.106 e. The lowest BCUT2D eigenvalue weighted by Gasteiger charge is -2.25. The second-order valence-corrected chi connectivity index (χ2v) is 6.22. The number of benzene rings is 1. The van der Waals surface area contributed by atoms with Crippen molar-refractivity contribution in [2.45, 2.75) is 52.0 Å². The van der Waals surface area contributed by atoms with Gasteiger partial charge in [0.15, 0.2) is 0 Å². The van der Waals surface area contributed by atoms with E-state index in [1.54, 1.807) is 0 Å². The minimum atomic E-state index is 0.479. The summed E-state index contributed by atoms with van der Waals surface area (Å²) in [5.74, 6) is 0.711. The normalized spacial score (nSPS) is 23.7. The highest BCUT2D eigenvalue weighted by Gasteiger charge is 2.20. The highest BCUT2D eigenvalue weighted by molar-refractivity contribution is 7.80. The van der Waals surface area contributed by atoms with E-state index < -0.39 is 0 Å². The lowest BCUT2D eigenvalue weighted by Crippen LogP contribution is -2.27. The quantitative estimate of drug-likeness (QED) is 0.647. The highest BCUT2D eigenvalue weighted by Crippen LogP contribution is 2.27. The molecule has 3 N–H and O–H groups in total. The van der Waals surface area contributed by atoms with Crippen LogP contribution in [0.1, 0.15) is 50.2 Å². The first-order valence-electron chi connectivity index (χ1n) is 7.25. The van der Waals surface area contributed by atoms with Crippen LogP contribution in [0.2, 0.25) is 0 Å². The van der Waals surface area contributed by atoms with Crippen LogP contribution >= 0.6 is 12.2 Å². The van der Waals surface area contributed by atoms with Crippen LogP contribution in [0.25, 0.3) is 0 Å². The Labute approximate surface area is 121 Å². The Morgan fingerprint density at radius 1 is 1.26 bits per heavy atom. The molecular formula is C16H24N2S. The summed E-state index contributed by atoms with van der Waals surface area (Å²) in [7, 11) is 0. The van der Waals surface area contributed by atoms with Gasteiger partial charge in [0.2, 0.25) is 0 Å². The van der Waals surface area contributed by atoms with Crippen LogP contribution in [0, 0.1) is 12.8 Å². The average molecular weight is 276 g/mol. The minimum Gasteiger partial charge on any atom is -0.389 e. The van der Waals surface area contributed by atoms with Crippen LogP contribution in [0.15, 0.2) is 18.2 Å². The van der Waals surface area contributed by atoms with Gasteiger partial charge < -0.3 is 11.1 Å². The van der Waals surface area contributed by atoms with Gasteiger partial charge in [0.25, 0.3) is 0 Å². The molecule has 2 unspecified atom stereocenters. The molecule has 1 aromatic carbocycles. The van der Waals surface area contributed by atoms with E-state index in [0.29, 0.717) is 16.9 Å². The van der Waals surface area contributed by atoms with Gasteiger partial charge in [0, 0.05) is 17.3 Å². The fourth-order valence-electron chi connectivity index (χ4n) is 2.90. The number of hydrogen-bond donors (Lipinski definition) is 2. The summed E-state index contributed by atoms with van der Waals surface area (Å²) in [4.78, 5) is 0.479. The Balaban J connectivity index is 2.19. The predicted octanol–water partition coefficient (Wildman–Crippen LogP) is 4.01. The summed E-state index contributed by atoms with van der Waals surface area (Å²) < 4.78 is 0. The number of aryl methyl sites for hydroxylation is 1. The molecule has 2 atom stereocenters. The van der Waals surface area contributed by atoms with Crippen molar-refractivity contribution in [3.05, 3.63) is 29.3 Å². The van der Waals surface area contributed by atoms with E-state index in [-0.39, 0.29) is 0 Å². The standard InChI is InChI=1S/C16H24N2S/c1-11-8-9-15(13(10-11)16(17)19)18-14-7-5-3-4-6-12(14)2/h8-10,12,14,18H,3-7H2,1-2H3,(H2,17,19). The van der Waals surface area contributed by atoms with Crippen molar-refractivity contribution in [3.63, 3.8) is 0 Å². The zero-order valence-electron chi connectivity index (χ0n) is 11.9. The molecule has 2 nitrogen and oxygen atoms in total. The third kappa shape index (κ3) is 3.69. The third-order valence-corrected chi connectivity index (χ3v) is 4.36. The van der Waals surface area contributed by atoms with E-state index in [2.05, 4.69) is 37.4 Å². The largest absolute Gasteiger partial charge is 0.389 e. The molecule has 0 aliphatic heterocycles. The molecule has 1 fully saturated rings. The SMILES string of the molecule is Cc1ccc(NC2CCCCCC2C)c(C(N)=S)c1. The summed E-state index contributed by atoms with van der Waals surface area (Å²) in [5.41, 5.74) is 9.11. The number of thiocarbonyl (C=S) groups is 1. The van der Waals surface area contributed by atoms with Gasteiger partial charge in [-0.25, -0.2) is 0 Å². The minimum absolute atomic E-state index is 0.479. The molecule has 0 spiro atoms. The van der Waals surface area contributed by atoms with Gasteiger partial charge in [-0.1, -0.05) is 50.0 Å². The van der Waals surface area contributed by atoms with Gasteiger partial charge in [0.05, 0.1) is 0 Å². The third-order valence-electron chi connectivity index (χ3n) is 4.14. The molecule has 0 aromatic heterocycles. The van der Waals surface area contributed by atoms with E-state index in [4.69, 9.17) is 18.0 Å². The number of anilines is 1. The zero-order valence-corrected chi connectivity index (χ0v) is 12.7. The molecule has 1 aliphatic carbocycles. The van der Waals surface area contributed by atoms with Gasteiger partial charge in [0.1, 0.15) is 4.99 Å². The Hall–Kier alpha value is -1.09. The van der Waals surface area contributed by atoms with Crippen LogP contribution in [-0.4, -0.2) is 11.0 Å². The summed E-state index contributed by atoms with van der Waals surface area (Å²) in [5, 5.41) is 3.68. The molecule has 3 heteroatoms. The predicted molar refractivity (Wildman–Crippen MR) is 86.7 cm³/mol.